The fourth-order valence-corrected chi connectivity index (χ4v) is 2.36. The molecule has 9 heteroatoms. The Morgan fingerprint density at radius 2 is 1.85 bits per heavy atom. The number of aromatic nitrogens is 2. The number of nitrogens with zero attached hydrogens (tertiary/aromatic N) is 2. The highest BCUT2D eigenvalue weighted by Gasteiger charge is 2.25. The summed E-state index contributed by atoms with van der Waals surface area (Å²) in [6.07, 6.45) is 0.791. The van der Waals surface area contributed by atoms with Crippen LogP contribution in [0.1, 0.15) is 33.6 Å². The van der Waals surface area contributed by atoms with Gasteiger partial charge in [0.05, 0.1) is 13.0 Å². The van der Waals surface area contributed by atoms with Crippen molar-refractivity contribution in [3.8, 4) is 0 Å². The Morgan fingerprint density at radius 1 is 1.19 bits per heavy atom. The van der Waals surface area contributed by atoms with E-state index >= 15 is 0 Å². The third-order valence-electron chi connectivity index (χ3n) is 4.26. The van der Waals surface area contributed by atoms with Crippen LogP contribution in [0.25, 0.3) is 0 Å². The summed E-state index contributed by atoms with van der Waals surface area (Å²) >= 11 is 0. The second-order valence-electron chi connectivity index (χ2n) is 6.12. The standard InChI is InChI=1S/C17H28N4O5/c1-6-11(3)15(16(24)18-9-8-14(23)26-7-2)19-12-10-13(22)21(5)17(25)20(12)4/h10-11,15,19H,6-9H2,1-5H3,(H,18,24)/t11?,15-/m1/s1. The van der Waals surface area contributed by atoms with E-state index in [-0.39, 0.29) is 36.6 Å². The number of esters is 1. The number of anilines is 1. The summed E-state index contributed by atoms with van der Waals surface area (Å²) in [6, 6.07) is 0.628. The van der Waals surface area contributed by atoms with E-state index in [1.165, 1.54) is 24.7 Å². The number of rotatable bonds is 9. The molecule has 0 aromatic carbocycles. The second-order valence-corrected chi connectivity index (χ2v) is 6.12. The Bertz CT molecular complexity index is 753. The maximum atomic E-state index is 12.5. The smallest absolute Gasteiger partial charge is 0.332 e. The van der Waals surface area contributed by atoms with Crippen LogP contribution in [-0.4, -0.2) is 40.2 Å². The maximum absolute atomic E-state index is 12.5. The number of ether oxygens (including phenoxy) is 1. The lowest BCUT2D eigenvalue weighted by Gasteiger charge is -2.25. The van der Waals surface area contributed by atoms with Crippen LogP contribution >= 0.6 is 0 Å². The van der Waals surface area contributed by atoms with Gasteiger partial charge in [0.1, 0.15) is 11.9 Å². The van der Waals surface area contributed by atoms with E-state index in [9.17, 15) is 19.2 Å². The van der Waals surface area contributed by atoms with E-state index in [4.69, 9.17) is 4.74 Å². The van der Waals surface area contributed by atoms with Crippen molar-refractivity contribution in [2.45, 2.75) is 39.7 Å². The number of hydrogen-bond donors (Lipinski definition) is 2. The van der Waals surface area contributed by atoms with Gasteiger partial charge in [-0.3, -0.25) is 23.5 Å². The first-order valence-corrected chi connectivity index (χ1v) is 8.69. The lowest BCUT2D eigenvalue weighted by molar-refractivity contribution is -0.143. The molecule has 1 aromatic rings. The molecule has 0 aliphatic heterocycles. The van der Waals surface area contributed by atoms with E-state index in [2.05, 4.69) is 10.6 Å². The number of hydrogen-bond acceptors (Lipinski definition) is 6. The number of carbonyl (C=O) groups is 2. The molecule has 0 aliphatic rings. The highest BCUT2D eigenvalue weighted by Crippen LogP contribution is 2.13. The fraction of sp³-hybridized carbons (Fsp3) is 0.647. The molecule has 0 radical (unpaired) electrons. The van der Waals surface area contributed by atoms with Crippen LogP contribution in [0.15, 0.2) is 15.7 Å². The number of amides is 1. The Kier molecular flexibility index (Phi) is 8.08. The molecule has 1 rings (SSSR count). The van der Waals surface area contributed by atoms with E-state index in [1.54, 1.807) is 6.92 Å². The SMILES string of the molecule is CCOC(=O)CCNC(=O)[C@H](Nc1cc(=O)n(C)c(=O)n1C)C(C)CC. The van der Waals surface area contributed by atoms with Gasteiger partial charge in [0, 0.05) is 26.7 Å². The highest BCUT2D eigenvalue weighted by molar-refractivity contribution is 5.85. The van der Waals surface area contributed by atoms with Crippen molar-refractivity contribution in [3.63, 3.8) is 0 Å². The van der Waals surface area contributed by atoms with Crippen LogP contribution in [0.5, 0.6) is 0 Å². The predicted octanol–water partition coefficient (Wildman–Crippen LogP) is -0.0200. The first kappa shape index (κ1) is 21.5. The lowest BCUT2D eigenvalue weighted by Crippen LogP contribution is -2.46. The molecule has 26 heavy (non-hydrogen) atoms. The van der Waals surface area contributed by atoms with E-state index < -0.39 is 17.3 Å². The Labute approximate surface area is 152 Å². The van der Waals surface area contributed by atoms with Crippen LogP contribution in [0.4, 0.5) is 5.82 Å². The van der Waals surface area contributed by atoms with Crippen molar-refractivity contribution < 1.29 is 14.3 Å². The van der Waals surface area contributed by atoms with Crippen molar-refractivity contribution in [1.29, 1.82) is 0 Å². The quantitative estimate of drug-likeness (QED) is 0.593. The van der Waals surface area contributed by atoms with Crippen LogP contribution in [-0.2, 0) is 28.4 Å². The van der Waals surface area contributed by atoms with Gasteiger partial charge in [-0.1, -0.05) is 20.3 Å². The third kappa shape index (κ3) is 5.47. The molecule has 2 atom stereocenters. The minimum Gasteiger partial charge on any atom is -0.466 e. The molecule has 1 aromatic heterocycles. The fourth-order valence-electron chi connectivity index (χ4n) is 2.36. The maximum Gasteiger partial charge on any atom is 0.332 e. The number of nitrogens with one attached hydrogen (secondary N) is 2. The molecular weight excluding hydrogens is 340 g/mol. The normalized spacial score (nSPS) is 13.0. The average molecular weight is 368 g/mol. The largest absolute Gasteiger partial charge is 0.466 e. The molecule has 0 spiro atoms. The zero-order valence-electron chi connectivity index (χ0n) is 16.0. The van der Waals surface area contributed by atoms with Crippen LogP contribution in [0.3, 0.4) is 0 Å². The van der Waals surface area contributed by atoms with Gasteiger partial charge in [-0.2, -0.15) is 0 Å². The monoisotopic (exact) mass is 368 g/mol. The molecule has 0 saturated carbocycles. The van der Waals surface area contributed by atoms with Crippen LogP contribution in [0.2, 0.25) is 0 Å². The summed E-state index contributed by atoms with van der Waals surface area (Å²) < 4.78 is 7.09. The molecule has 0 fully saturated rings. The van der Waals surface area contributed by atoms with Crippen molar-refractivity contribution in [2.24, 2.45) is 20.0 Å². The van der Waals surface area contributed by atoms with Crippen molar-refractivity contribution in [3.05, 3.63) is 26.9 Å². The van der Waals surface area contributed by atoms with E-state index in [1.807, 2.05) is 13.8 Å². The van der Waals surface area contributed by atoms with Crippen LogP contribution in [0, 0.1) is 5.92 Å². The van der Waals surface area contributed by atoms with Gasteiger partial charge >= 0.3 is 11.7 Å². The summed E-state index contributed by atoms with van der Waals surface area (Å²) in [7, 11) is 2.92. The molecule has 9 nitrogen and oxygen atoms in total. The van der Waals surface area contributed by atoms with Gasteiger partial charge in [0.2, 0.25) is 5.91 Å². The Balaban J connectivity index is 2.92. The summed E-state index contributed by atoms with van der Waals surface area (Å²) in [4.78, 5) is 47.8. The summed E-state index contributed by atoms with van der Waals surface area (Å²) in [5, 5.41) is 5.69. The first-order valence-electron chi connectivity index (χ1n) is 8.69. The van der Waals surface area contributed by atoms with Gasteiger partial charge in [0.25, 0.3) is 5.56 Å². The minimum absolute atomic E-state index is 0.0586. The summed E-state index contributed by atoms with van der Waals surface area (Å²) in [5.41, 5.74) is -0.938. The summed E-state index contributed by atoms with van der Waals surface area (Å²) in [6.45, 7) is 5.99. The van der Waals surface area contributed by atoms with Gasteiger partial charge in [-0.15, -0.1) is 0 Å². The Morgan fingerprint density at radius 3 is 2.42 bits per heavy atom. The van der Waals surface area contributed by atoms with Gasteiger partial charge < -0.3 is 15.4 Å². The zero-order chi connectivity index (χ0) is 19.9. The van der Waals surface area contributed by atoms with Crippen molar-refractivity contribution in [2.75, 3.05) is 18.5 Å². The molecule has 2 N–H and O–H groups in total. The molecular formula is C17H28N4O5. The van der Waals surface area contributed by atoms with Gasteiger partial charge in [0.15, 0.2) is 0 Å². The molecule has 0 aliphatic carbocycles. The van der Waals surface area contributed by atoms with Crippen LogP contribution < -0.4 is 21.9 Å². The third-order valence-corrected chi connectivity index (χ3v) is 4.26. The average Bonchev–Trinajstić information content (AvgIpc) is 2.61. The molecule has 0 bridgehead atoms. The zero-order valence-corrected chi connectivity index (χ0v) is 16.0. The topological polar surface area (TPSA) is 111 Å². The van der Waals surface area contributed by atoms with Gasteiger partial charge in [-0.25, -0.2) is 4.79 Å². The molecule has 1 heterocycles. The lowest BCUT2D eigenvalue weighted by atomic mass is 9.98. The second kappa shape index (κ2) is 9.79. The van der Waals surface area contributed by atoms with Crippen molar-refractivity contribution >= 4 is 17.7 Å². The molecule has 1 amide bonds. The van der Waals surface area contributed by atoms with Gasteiger partial charge in [-0.05, 0) is 12.8 Å². The number of carbonyl (C=O) groups excluding carboxylic acids is 2. The Hall–Kier alpha value is -2.58. The highest BCUT2D eigenvalue weighted by atomic mass is 16.5. The molecule has 1 unspecified atom stereocenters. The molecule has 146 valence electrons. The predicted molar refractivity (Wildman–Crippen MR) is 98.0 cm³/mol. The molecule has 0 saturated heterocycles. The van der Waals surface area contributed by atoms with E-state index in [0.717, 1.165) is 4.57 Å². The van der Waals surface area contributed by atoms with Crippen molar-refractivity contribution in [1.82, 2.24) is 14.5 Å². The van der Waals surface area contributed by atoms with E-state index in [0.29, 0.717) is 13.0 Å². The summed E-state index contributed by atoms with van der Waals surface area (Å²) in [5.74, 6) is -0.479. The first-order chi connectivity index (χ1) is 12.2. The minimum atomic E-state index is -0.653.